The van der Waals surface area contributed by atoms with Crippen molar-refractivity contribution >= 4 is 5.91 Å². The summed E-state index contributed by atoms with van der Waals surface area (Å²) in [4.78, 5) is 18.4. The lowest BCUT2D eigenvalue weighted by Crippen LogP contribution is -2.42. The Bertz CT molecular complexity index is 1250. The van der Waals surface area contributed by atoms with Gasteiger partial charge in [-0.05, 0) is 50.6 Å². The zero-order chi connectivity index (χ0) is 25.8. The van der Waals surface area contributed by atoms with Crippen molar-refractivity contribution in [3.05, 3.63) is 70.9 Å². The molecule has 2 aromatic heterocycles. The number of carbonyl (C=O) groups is 1. The summed E-state index contributed by atoms with van der Waals surface area (Å²) in [7, 11) is 0. The molecule has 0 N–H and O–H groups in total. The van der Waals surface area contributed by atoms with Crippen LogP contribution in [0, 0.1) is 17.1 Å². The lowest BCUT2D eigenvalue weighted by Gasteiger charge is -2.29. The van der Waals surface area contributed by atoms with E-state index < -0.39 is 29.5 Å². The number of pyridine rings is 1. The van der Waals surface area contributed by atoms with Gasteiger partial charge >= 0.3 is 6.18 Å². The summed E-state index contributed by atoms with van der Waals surface area (Å²) < 4.78 is 59.2. The molecule has 0 aliphatic heterocycles. The van der Waals surface area contributed by atoms with Gasteiger partial charge in [0.25, 0.3) is 5.91 Å². The molecule has 0 fully saturated rings. The molecule has 1 amide bonds. The van der Waals surface area contributed by atoms with Crippen LogP contribution in [-0.4, -0.2) is 44.8 Å². The van der Waals surface area contributed by atoms with E-state index in [1.807, 2.05) is 13.0 Å². The largest absolute Gasteiger partial charge is 0.473 e. The van der Waals surface area contributed by atoms with Gasteiger partial charge in [0.1, 0.15) is 6.61 Å². The van der Waals surface area contributed by atoms with Crippen molar-refractivity contribution in [1.82, 2.24) is 19.7 Å². The number of carbonyl (C=O) groups excluding carboxylic acids is 1. The zero-order valence-electron chi connectivity index (χ0n) is 19.3. The molecule has 0 aliphatic carbocycles. The van der Waals surface area contributed by atoms with Crippen LogP contribution in [-0.2, 0) is 12.6 Å². The van der Waals surface area contributed by atoms with Crippen LogP contribution < -0.4 is 4.74 Å². The number of benzene rings is 1. The average Bonchev–Trinajstić information content (AvgIpc) is 3.31. The van der Waals surface area contributed by atoms with Crippen LogP contribution >= 0.6 is 0 Å². The van der Waals surface area contributed by atoms with E-state index in [-0.39, 0.29) is 19.1 Å². The maximum Gasteiger partial charge on any atom is 0.417 e. The normalized spacial score (nSPS) is 12.2. The average molecular weight is 489 g/mol. The third-order valence-corrected chi connectivity index (χ3v) is 5.40. The maximum absolute atomic E-state index is 14.1. The van der Waals surface area contributed by atoms with E-state index in [2.05, 4.69) is 16.2 Å². The summed E-state index contributed by atoms with van der Waals surface area (Å²) >= 11 is 0. The number of nitrogens with zero attached hydrogens (tertiary/aromatic N) is 5. The van der Waals surface area contributed by atoms with Gasteiger partial charge in [-0.2, -0.15) is 23.5 Å². The van der Waals surface area contributed by atoms with Crippen molar-refractivity contribution in [2.75, 3.05) is 13.2 Å². The highest BCUT2D eigenvalue weighted by molar-refractivity contribution is 5.98. The summed E-state index contributed by atoms with van der Waals surface area (Å²) in [6.07, 6.45) is -1.98. The fourth-order valence-electron chi connectivity index (χ4n) is 3.56. The Balaban J connectivity index is 1.84. The molecule has 2 heterocycles. The van der Waals surface area contributed by atoms with Crippen molar-refractivity contribution in [3.63, 3.8) is 0 Å². The maximum atomic E-state index is 14.1. The minimum absolute atomic E-state index is 0.206. The molecule has 3 rings (SSSR count). The molecule has 35 heavy (non-hydrogen) atoms. The molecule has 3 aromatic rings. The van der Waals surface area contributed by atoms with E-state index in [0.717, 1.165) is 5.69 Å². The van der Waals surface area contributed by atoms with E-state index in [1.165, 1.54) is 11.0 Å². The van der Waals surface area contributed by atoms with Gasteiger partial charge in [-0.3, -0.25) is 4.79 Å². The number of hydrogen-bond acceptors (Lipinski definition) is 5. The van der Waals surface area contributed by atoms with E-state index in [9.17, 15) is 27.6 Å². The number of ether oxygens (including phenoxy) is 1. The molecule has 1 atom stereocenters. The minimum atomic E-state index is -4.73. The van der Waals surface area contributed by atoms with Crippen LogP contribution in [0.5, 0.6) is 5.88 Å². The van der Waals surface area contributed by atoms with Crippen LogP contribution in [0.4, 0.5) is 17.6 Å². The number of aryl methyl sites for hydroxylation is 1. The standard InChI is InChI=1S/C24H23F4N5O2/c1-4-18-8-9-31-33(18)21-10-16(12-29)6-7-19(21)23(34)32(5-2)15(3)14-35-22-20(25)11-17(13-30-22)24(26,27)28/h6-11,13,15H,4-5,14H2,1-3H3. The highest BCUT2D eigenvalue weighted by atomic mass is 19.4. The van der Waals surface area contributed by atoms with Gasteiger partial charge in [0.15, 0.2) is 5.82 Å². The summed E-state index contributed by atoms with van der Waals surface area (Å²) in [5, 5.41) is 13.6. The Labute approximate surface area is 199 Å². The van der Waals surface area contributed by atoms with Gasteiger partial charge in [-0.1, -0.05) is 6.92 Å². The number of hydrogen-bond donors (Lipinski definition) is 0. The topological polar surface area (TPSA) is 84.0 Å². The lowest BCUT2D eigenvalue weighted by molar-refractivity contribution is -0.138. The quantitative estimate of drug-likeness (QED) is 0.425. The van der Waals surface area contributed by atoms with E-state index in [4.69, 9.17) is 4.74 Å². The van der Waals surface area contributed by atoms with Crippen LogP contribution in [0.25, 0.3) is 5.69 Å². The van der Waals surface area contributed by atoms with Gasteiger partial charge in [-0.25, -0.2) is 14.1 Å². The molecule has 0 saturated heterocycles. The Hall–Kier alpha value is -3.94. The second kappa shape index (κ2) is 10.5. The molecule has 184 valence electrons. The fraction of sp³-hybridized carbons (Fsp3) is 0.333. The Morgan fingerprint density at radius 2 is 2.00 bits per heavy atom. The van der Waals surface area contributed by atoms with Crippen LogP contribution in [0.3, 0.4) is 0 Å². The Kier molecular flexibility index (Phi) is 7.74. The first-order chi connectivity index (χ1) is 16.6. The zero-order valence-corrected chi connectivity index (χ0v) is 19.3. The van der Waals surface area contributed by atoms with Gasteiger partial charge in [-0.15, -0.1) is 0 Å². The van der Waals surface area contributed by atoms with Crippen LogP contribution in [0.15, 0.2) is 42.7 Å². The van der Waals surface area contributed by atoms with Crippen molar-refractivity contribution < 1.29 is 27.1 Å². The number of alkyl halides is 3. The Morgan fingerprint density at radius 1 is 1.26 bits per heavy atom. The lowest BCUT2D eigenvalue weighted by atomic mass is 10.1. The summed E-state index contributed by atoms with van der Waals surface area (Å²) in [5.74, 6) is -2.21. The number of amides is 1. The molecule has 1 unspecified atom stereocenters. The summed E-state index contributed by atoms with van der Waals surface area (Å²) in [6, 6.07) is 8.26. The van der Waals surface area contributed by atoms with Crippen LogP contribution in [0.2, 0.25) is 0 Å². The number of rotatable bonds is 8. The molecule has 0 spiro atoms. The van der Waals surface area contributed by atoms with Crippen molar-refractivity contribution in [2.24, 2.45) is 0 Å². The van der Waals surface area contributed by atoms with Crippen molar-refractivity contribution in [1.29, 1.82) is 5.26 Å². The first kappa shape index (κ1) is 25.7. The molecule has 7 nitrogen and oxygen atoms in total. The molecule has 0 aliphatic rings. The minimum Gasteiger partial charge on any atom is -0.473 e. The molecule has 1 aromatic carbocycles. The third kappa shape index (κ3) is 5.59. The van der Waals surface area contributed by atoms with Crippen molar-refractivity contribution in [2.45, 2.75) is 39.4 Å². The Morgan fingerprint density at radius 3 is 2.60 bits per heavy atom. The number of nitriles is 1. The van der Waals surface area contributed by atoms with Crippen molar-refractivity contribution in [3.8, 4) is 17.6 Å². The van der Waals surface area contributed by atoms with Gasteiger partial charge in [0.2, 0.25) is 5.88 Å². The first-order valence-corrected chi connectivity index (χ1v) is 10.8. The first-order valence-electron chi connectivity index (χ1n) is 10.8. The molecular formula is C24H23F4N5O2. The van der Waals surface area contributed by atoms with Gasteiger partial charge in [0, 0.05) is 24.6 Å². The number of aromatic nitrogens is 3. The predicted octanol–water partition coefficient (Wildman–Crippen LogP) is 4.79. The van der Waals surface area contributed by atoms with E-state index >= 15 is 0 Å². The summed E-state index contributed by atoms with van der Waals surface area (Å²) in [6.45, 7) is 5.42. The second-order valence-corrected chi connectivity index (χ2v) is 7.69. The fourth-order valence-corrected chi connectivity index (χ4v) is 3.56. The number of likely N-dealkylation sites (N-methyl/N-ethyl adjacent to an activating group) is 1. The highest BCUT2D eigenvalue weighted by Gasteiger charge is 2.32. The smallest absolute Gasteiger partial charge is 0.417 e. The molecule has 0 radical (unpaired) electrons. The summed E-state index contributed by atoms with van der Waals surface area (Å²) in [5.41, 5.74) is 0.724. The van der Waals surface area contributed by atoms with Gasteiger partial charge in [0.05, 0.1) is 34.5 Å². The van der Waals surface area contributed by atoms with E-state index in [1.54, 1.807) is 36.9 Å². The van der Waals surface area contributed by atoms with Crippen LogP contribution in [0.1, 0.15) is 48.0 Å². The molecular weight excluding hydrogens is 466 g/mol. The molecule has 11 heteroatoms. The molecule has 0 saturated carbocycles. The van der Waals surface area contributed by atoms with Gasteiger partial charge < -0.3 is 9.64 Å². The second-order valence-electron chi connectivity index (χ2n) is 7.69. The van der Waals surface area contributed by atoms with E-state index in [0.29, 0.717) is 35.5 Å². The molecule has 0 bridgehead atoms. The number of halogens is 4. The predicted molar refractivity (Wildman–Crippen MR) is 119 cm³/mol. The monoisotopic (exact) mass is 489 g/mol. The third-order valence-electron chi connectivity index (χ3n) is 5.40. The SMILES string of the molecule is CCc1ccnn1-c1cc(C#N)ccc1C(=O)N(CC)C(C)COc1ncc(C(F)(F)F)cc1F. The highest BCUT2D eigenvalue weighted by Crippen LogP contribution is 2.30.